The molecule has 2 aromatic rings. The van der Waals surface area contributed by atoms with Crippen molar-refractivity contribution >= 4 is 11.5 Å². The molecule has 0 radical (unpaired) electrons. The van der Waals surface area contributed by atoms with Gasteiger partial charge in [-0.15, -0.1) is 0 Å². The Bertz CT molecular complexity index is 752. The van der Waals surface area contributed by atoms with Crippen molar-refractivity contribution in [3.05, 3.63) is 77.5 Å². The molecular weight excluding hydrogens is 272 g/mol. The maximum atomic E-state index is 13.0. The minimum Gasteiger partial charge on any atom is -0.399 e. The van der Waals surface area contributed by atoms with Crippen LogP contribution in [0.25, 0.3) is 5.57 Å². The molecule has 22 heavy (non-hydrogen) atoms. The highest BCUT2D eigenvalue weighted by molar-refractivity contribution is 6.23. The number of amides is 1. The van der Waals surface area contributed by atoms with Gasteiger partial charge in [-0.05, 0) is 24.0 Å². The molecule has 3 nitrogen and oxygen atoms in total. The molecule has 2 aliphatic heterocycles. The van der Waals surface area contributed by atoms with Crippen molar-refractivity contribution < 1.29 is 4.79 Å². The van der Waals surface area contributed by atoms with E-state index in [1.54, 1.807) is 0 Å². The fourth-order valence-electron chi connectivity index (χ4n) is 3.88. The van der Waals surface area contributed by atoms with Gasteiger partial charge in [0, 0.05) is 6.54 Å². The lowest BCUT2D eigenvalue weighted by atomic mass is 9.84. The summed E-state index contributed by atoms with van der Waals surface area (Å²) in [5, 5.41) is 0. The minimum absolute atomic E-state index is 0.0602. The van der Waals surface area contributed by atoms with Crippen molar-refractivity contribution in [2.24, 2.45) is 5.73 Å². The van der Waals surface area contributed by atoms with Crippen LogP contribution in [-0.2, 0) is 10.3 Å². The molecule has 1 atom stereocenters. The molecule has 1 unspecified atom stereocenters. The maximum Gasteiger partial charge on any atom is 0.257 e. The normalized spacial score (nSPS) is 24.0. The van der Waals surface area contributed by atoms with Crippen molar-refractivity contribution in [3.8, 4) is 0 Å². The molecule has 4 rings (SSSR count). The highest BCUT2D eigenvalue weighted by Gasteiger charge is 2.54. The van der Waals surface area contributed by atoms with Crippen LogP contribution < -0.4 is 5.73 Å². The predicted molar refractivity (Wildman–Crippen MR) is 86.6 cm³/mol. The molecule has 3 heteroatoms. The molecule has 110 valence electrons. The van der Waals surface area contributed by atoms with E-state index in [1.165, 1.54) is 0 Å². The van der Waals surface area contributed by atoms with E-state index < -0.39 is 5.54 Å². The van der Waals surface area contributed by atoms with Gasteiger partial charge in [0.05, 0.1) is 11.3 Å². The number of rotatable bonds is 2. The zero-order chi connectivity index (χ0) is 15.2. The van der Waals surface area contributed by atoms with Crippen LogP contribution in [0.4, 0.5) is 0 Å². The second-order valence-corrected chi connectivity index (χ2v) is 5.94. The van der Waals surface area contributed by atoms with E-state index in [0.29, 0.717) is 11.3 Å². The molecule has 0 aliphatic carbocycles. The Morgan fingerprint density at radius 2 is 1.59 bits per heavy atom. The third-order valence-electron chi connectivity index (χ3n) is 4.87. The zero-order valence-electron chi connectivity index (χ0n) is 12.3. The van der Waals surface area contributed by atoms with E-state index in [9.17, 15) is 4.79 Å². The van der Waals surface area contributed by atoms with E-state index in [0.717, 1.165) is 30.5 Å². The number of nitrogens with two attached hydrogens (primary N) is 1. The summed E-state index contributed by atoms with van der Waals surface area (Å²) in [4.78, 5) is 14.9. The Hall–Kier alpha value is -2.55. The van der Waals surface area contributed by atoms with Gasteiger partial charge in [-0.1, -0.05) is 60.7 Å². The zero-order valence-corrected chi connectivity index (χ0v) is 12.3. The number of hydrogen-bond donors (Lipinski definition) is 1. The number of hydrogen-bond acceptors (Lipinski definition) is 2. The molecular formula is C19H18N2O. The lowest BCUT2D eigenvalue weighted by Gasteiger charge is -2.34. The first-order valence-corrected chi connectivity index (χ1v) is 7.68. The Kier molecular flexibility index (Phi) is 2.83. The Morgan fingerprint density at radius 3 is 2.27 bits per heavy atom. The van der Waals surface area contributed by atoms with Crippen LogP contribution in [0.2, 0.25) is 0 Å². The third-order valence-corrected chi connectivity index (χ3v) is 4.87. The van der Waals surface area contributed by atoms with Crippen LogP contribution in [0.1, 0.15) is 24.0 Å². The molecule has 2 aromatic carbocycles. The van der Waals surface area contributed by atoms with Crippen LogP contribution in [-0.4, -0.2) is 17.4 Å². The second kappa shape index (κ2) is 4.73. The van der Waals surface area contributed by atoms with Crippen LogP contribution >= 0.6 is 0 Å². The smallest absolute Gasteiger partial charge is 0.257 e. The molecule has 1 saturated heterocycles. The van der Waals surface area contributed by atoms with Gasteiger partial charge in [0.1, 0.15) is 5.54 Å². The highest BCUT2D eigenvalue weighted by atomic mass is 16.2. The average Bonchev–Trinajstić information content (AvgIpc) is 3.10. The van der Waals surface area contributed by atoms with Gasteiger partial charge in [-0.3, -0.25) is 4.79 Å². The number of carbonyl (C=O) groups excluding carboxylic acids is 1. The topological polar surface area (TPSA) is 46.3 Å². The fraction of sp³-hybridized carbons (Fsp3) is 0.211. The van der Waals surface area contributed by atoms with Crippen molar-refractivity contribution in [2.75, 3.05) is 6.54 Å². The first-order chi connectivity index (χ1) is 10.7. The van der Waals surface area contributed by atoms with Gasteiger partial charge >= 0.3 is 0 Å². The molecule has 2 heterocycles. The Labute approximate surface area is 130 Å². The van der Waals surface area contributed by atoms with Crippen molar-refractivity contribution in [1.82, 2.24) is 4.90 Å². The summed E-state index contributed by atoms with van der Waals surface area (Å²) in [5.74, 6) is 0.0602. The molecule has 1 amide bonds. The fourth-order valence-corrected chi connectivity index (χ4v) is 3.88. The van der Waals surface area contributed by atoms with Gasteiger partial charge < -0.3 is 10.6 Å². The number of fused-ring (bicyclic) bond motifs is 1. The quantitative estimate of drug-likeness (QED) is 0.924. The highest BCUT2D eigenvalue weighted by Crippen LogP contribution is 2.50. The van der Waals surface area contributed by atoms with Crippen molar-refractivity contribution in [1.29, 1.82) is 0 Å². The van der Waals surface area contributed by atoms with Crippen molar-refractivity contribution in [2.45, 2.75) is 18.4 Å². The number of nitrogens with zero attached hydrogens (tertiary/aromatic N) is 1. The van der Waals surface area contributed by atoms with Gasteiger partial charge in [0.25, 0.3) is 5.91 Å². The third kappa shape index (κ3) is 1.59. The van der Waals surface area contributed by atoms with Crippen LogP contribution in [0.3, 0.4) is 0 Å². The molecule has 0 bridgehead atoms. The van der Waals surface area contributed by atoms with E-state index >= 15 is 0 Å². The lowest BCUT2D eigenvalue weighted by Crippen LogP contribution is -2.42. The molecule has 0 spiro atoms. The van der Waals surface area contributed by atoms with Gasteiger partial charge in [-0.2, -0.15) is 0 Å². The molecule has 1 fully saturated rings. The molecule has 2 N–H and O–H groups in total. The van der Waals surface area contributed by atoms with Gasteiger partial charge in [0.2, 0.25) is 0 Å². The Balaban J connectivity index is 1.94. The average molecular weight is 290 g/mol. The number of carbonyl (C=O) groups is 1. The lowest BCUT2D eigenvalue weighted by molar-refractivity contribution is -0.126. The SMILES string of the molecule is NC1=C(c2ccccc2)C(=O)N2CCCC12c1ccccc1. The van der Waals surface area contributed by atoms with Crippen LogP contribution in [0, 0.1) is 0 Å². The number of benzene rings is 2. The van der Waals surface area contributed by atoms with Crippen LogP contribution in [0.5, 0.6) is 0 Å². The summed E-state index contributed by atoms with van der Waals surface area (Å²) in [6.45, 7) is 0.769. The summed E-state index contributed by atoms with van der Waals surface area (Å²) >= 11 is 0. The largest absolute Gasteiger partial charge is 0.399 e. The maximum absolute atomic E-state index is 13.0. The van der Waals surface area contributed by atoms with Crippen LogP contribution in [0.15, 0.2) is 66.4 Å². The predicted octanol–water partition coefficient (Wildman–Crippen LogP) is 2.89. The van der Waals surface area contributed by atoms with Crippen molar-refractivity contribution in [3.63, 3.8) is 0 Å². The summed E-state index contributed by atoms with van der Waals surface area (Å²) in [5.41, 5.74) is 9.51. The Morgan fingerprint density at radius 1 is 0.955 bits per heavy atom. The van der Waals surface area contributed by atoms with E-state index in [4.69, 9.17) is 5.73 Å². The van der Waals surface area contributed by atoms with E-state index in [2.05, 4.69) is 12.1 Å². The molecule has 2 aliphatic rings. The first kappa shape index (κ1) is 13.1. The minimum atomic E-state index is -0.455. The van der Waals surface area contributed by atoms with Gasteiger partial charge in [-0.25, -0.2) is 0 Å². The summed E-state index contributed by atoms with van der Waals surface area (Å²) in [6.07, 6.45) is 1.88. The monoisotopic (exact) mass is 290 g/mol. The van der Waals surface area contributed by atoms with E-state index in [-0.39, 0.29) is 5.91 Å². The summed E-state index contributed by atoms with van der Waals surface area (Å²) < 4.78 is 0. The summed E-state index contributed by atoms with van der Waals surface area (Å²) in [7, 11) is 0. The standard InChI is InChI=1S/C19H18N2O/c20-17-16(14-8-3-1-4-9-14)18(22)21-13-7-12-19(17,21)15-10-5-2-6-11-15/h1-6,8-11H,7,12-13,20H2. The first-order valence-electron chi connectivity index (χ1n) is 7.68. The van der Waals surface area contributed by atoms with Gasteiger partial charge in [0.15, 0.2) is 0 Å². The molecule has 0 saturated carbocycles. The van der Waals surface area contributed by atoms with E-state index in [1.807, 2.05) is 53.4 Å². The second-order valence-electron chi connectivity index (χ2n) is 5.94. The summed E-state index contributed by atoms with van der Waals surface area (Å²) in [6, 6.07) is 19.9. The molecule has 0 aromatic heterocycles.